The van der Waals surface area contributed by atoms with Crippen molar-refractivity contribution in [2.24, 2.45) is 0 Å². The molecule has 0 fully saturated rings. The van der Waals surface area contributed by atoms with E-state index in [1.807, 2.05) is 11.3 Å². The van der Waals surface area contributed by atoms with Crippen molar-refractivity contribution < 1.29 is 0 Å². The third kappa shape index (κ3) is 6.03. The van der Waals surface area contributed by atoms with E-state index < -0.39 is 0 Å². The third-order valence-corrected chi connectivity index (χ3v) is 12.7. The number of rotatable bonds is 7. The molecule has 1 aromatic heterocycles. The van der Waals surface area contributed by atoms with Gasteiger partial charge >= 0.3 is 0 Å². The van der Waals surface area contributed by atoms with E-state index in [2.05, 4.69) is 229 Å². The van der Waals surface area contributed by atoms with Gasteiger partial charge in [0.2, 0.25) is 0 Å². The summed E-state index contributed by atoms with van der Waals surface area (Å²) >= 11 is 1.87. The third-order valence-electron chi connectivity index (χ3n) is 11.5. The Morgan fingerprint density at radius 2 is 0.897 bits per heavy atom. The second-order valence-corrected chi connectivity index (χ2v) is 16.0. The van der Waals surface area contributed by atoms with Crippen LogP contribution in [0.25, 0.3) is 86.2 Å². The van der Waals surface area contributed by atoms with Gasteiger partial charge in [0.15, 0.2) is 0 Å². The van der Waals surface area contributed by atoms with Crippen molar-refractivity contribution in [3.63, 3.8) is 0 Å². The number of hydrogen-bond donors (Lipinski definition) is 0. The fourth-order valence-electron chi connectivity index (χ4n) is 8.59. The number of benzene rings is 10. The molecule has 0 bridgehead atoms. The van der Waals surface area contributed by atoms with Crippen molar-refractivity contribution in [2.45, 2.75) is 0 Å². The lowest BCUT2D eigenvalue weighted by Gasteiger charge is -2.29. The van der Waals surface area contributed by atoms with Crippen molar-refractivity contribution >= 4 is 70.1 Å². The number of hydrogen-bond acceptors (Lipinski definition) is 2. The van der Waals surface area contributed by atoms with Crippen molar-refractivity contribution in [1.29, 1.82) is 0 Å². The minimum absolute atomic E-state index is 1.10. The average molecular weight is 756 g/mol. The molecule has 10 aromatic carbocycles. The van der Waals surface area contributed by atoms with Gasteiger partial charge in [-0.25, -0.2) is 0 Å². The molecule has 272 valence electrons. The molecule has 2 heteroatoms. The van der Waals surface area contributed by atoms with Crippen LogP contribution < -0.4 is 4.90 Å². The highest BCUT2D eigenvalue weighted by Crippen LogP contribution is 2.48. The van der Waals surface area contributed by atoms with Crippen LogP contribution in [-0.2, 0) is 0 Å². The van der Waals surface area contributed by atoms with E-state index in [0.717, 1.165) is 17.1 Å². The van der Waals surface area contributed by atoms with Gasteiger partial charge in [0, 0.05) is 26.7 Å². The Balaban J connectivity index is 1.10. The molecule has 1 nitrogen and oxygen atoms in total. The van der Waals surface area contributed by atoms with Gasteiger partial charge in [0.25, 0.3) is 0 Å². The number of thiophene rings is 1. The highest BCUT2D eigenvalue weighted by atomic mass is 32.1. The van der Waals surface area contributed by atoms with Crippen LogP contribution >= 0.6 is 11.3 Å². The van der Waals surface area contributed by atoms with Gasteiger partial charge in [-0.05, 0) is 103 Å². The predicted molar refractivity (Wildman–Crippen MR) is 251 cm³/mol. The smallest absolute Gasteiger partial charge is 0.0640 e. The first-order valence-corrected chi connectivity index (χ1v) is 20.6. The zero-order valence-electron chi connectivity index (χ0n) is 31.7. The van der Waals surface area contributed by atoms with E-state index >= 15 is 0 Å². The minimum Gasteiger partial charge on any atom is -0.308 e. The SMILES string of the molecule is c1ccc(-c2ccc(-c3cccc4ccccc34)cc2N(c2ccc(-c3cccc(-c4ccc5ccccc5c4)c3)cc2)c2cccc3c2sc2ccccc23)cc1. The second-order valence-electron chi connectivity index (χ2n) is 14.9. The van der Waals surface area contributed by atoms with Gasteiger partial charge in [0.1, 0.15) is 0 Å². The van der Waals surface area contributed by atoms with Crippen molar-refractivity contribution in [3.05, 3.63) is 224 Å². The summed E-state index contributed by atoms with van der Waals surface area (Å²) in [4.78, 5) is 2.49. The van der Waals surface area contributed by atoms with E-state index in [9.17, 15) is 0 Å². The Bertz CT molecular complexity index is 3280. The maximum absolute atomic E-state index is 2.49. The van der Waals surface area contributed by atoms with Crippen LogP contribution in [0.3, 0.4) is 0 Å². The second kappa shape index (κ2) is 14.4. The van der Waals surface area contributed by atoms with Crippen LogP contribution in [0.5, 0.6) is 0 Å². The molecule has 0 atom stereocenters. The normalized spacial score (nSPS) is 11.4. The molecule has 0 saturated carbocycles. The lowest BCUT2D eigenvalue weighted by atomic mass is 9.94. The molecule has 0 spiro atoms. The number of fused-ring (bicyclic) bond motifs is 5. The van der Waals surface area contributed by atoms with Gasteiger partial charge < -0.3 is 4.90 Å². The monoisotopic (exact) mass is 755 g/mol. The van der Waals surface area contributed by atoms with Gasteiger partial charge in [0.05, 0.1) is 16.1 Å². The highest BCUT2D eigenvalue weighted by Gasteiger charge is 2.22. The Hall–Kier alpha value is -7.26. The van der Waals surface area contributed by atoms with Crippen LogP contribution in [0, 0.1) is 0 Å². The fraction of sp³-hybridized carbons (Fsp3) is 0. The highest BCUT2D eigenvalue weighted by molar-refractivity contribution is 7.26. The summed E-state index contributed by atoms with van der Waals surface area (Å²) in [5, 5.41) is 7.56. The average Bonchev–Trinajstić information content (AvgIpc) is 3.69. The largest absolute Gasteiger partial charge is 0.308 e. The summed E-state index contributed by atoms with van der Waals surface area (Å²) in [6, 6.07) is 82.1. The lowest BCUT2D eigenvalue weighted by molar-refractivity contribution is 1.30. The molecule has 0 aliphatic rings. The molecular weight excluding hydrogens is 719 g/mol. The first-order valence-electron chi connectivity index (χ1n) is 19.8. The van der Waals surface area contributed by atoms with Crippen LogP contribution in [-0.4, -0.2) is 0 Å². The first-order chi connectivity index (χ1) is 28.7. The van der Waals surface area contributed by atoms with Crippen LogP contribution in [0.4, 0.5) is 17.1 Å². The zero-order chi connectivity index (χ0) is 38.4. The summed E-state index contributed by atoms with van der Waals surface area (Å²) in [7, 11) is 0. The van der Waals surface area contributed by atoms with E-state index in [0.29, 0.717) is 0 Å². The van der Waals surface area contributed by atoms with E-state index in [1.165, 1.54) is 86.2 Å². The Kier molecular flexibility index (Phi) is 8.42. The van der Waals surface area contributed by atoms with Crippen molar-refractivity contribution in [2.75, 3.05) is 4.90 Å². The Morgan fingerprint density at radius 1 is 0.293 bits per heavy atom. The summed E-state index contributed by atoms with van der Waals surface area (Å²) in [5.74, 6) is 0. The molecule has 0 aliphatic heterocycles. The van der Waals surface area contributed by atoms with Gasteiger partial charge in [-0.3, -0.25) is 0 Å². The molecule has 11 rings (SSSR count). The predicted octanol–water partition coefficient (Wildman–Crippen LogP) is 16.5. The molecule has 0 radical (unpaired) electrons. The quantitative estimate of drug-likeness (QED) is 0.157. The summed E-state index contributed by atoms with van der Waals surface area (Å²) in [6.07, 6.45) is 0. The van der Waals surface area contributed by atoms with Gasteiger partial charge in [-0.1, -0.05) is 182 Å². The van der Waals surface area contributed by atoms with Gasteiger partial charge in [-0.2, -0.15) is 0 Å². The van der Waals surface area contributed by atoms with Gasteiger partial charge in [-0.15, -0.1) is 11.3 Å². The summed E-state index contributed by atoms with van der Waals surface area (Å²) < 4.78 is 2.56. The zero-order valence-corrected chi connectivity index (χ0v) is 32.5. The maximum atomic E-state index is 2.49. The lowest BCUT2D eigenvalue weighted by Crippen LogP contribution is -2.11. The topological polar surface area (TPSA) is 3.24 Å². The number of nitrogens with zero attached hydrogens (tertiary/aromatic N) is 1. The Labute approximate surface area is 342 Å². The molecule has 0 saturated heterocycles. The molecule has 0 amide bonds. The fourth-order valence-corrected chi connectivity index (χ4v) is 9.80. The first kappa shape index (κ1) is 34.0. The van der Waals surface area contributed by atoms with E-state index in [4.69, 9.17) is 0 Å². The molecule has 11 aromatic rings. The van der Waals surface area contributed by atoms with Crippen LogP contribution in [0.1, 0.15) is 0 Å². The minimum atomic E-state index is 1.10. The number of anilines is 3. The molecule has 0 unspecified atom stereocenters. The summed E-state index contributed by atoms with van der Waals surface area (Å²) in [5.41, 5.74) is 13.0. The van der Waals surface area contributed by atoms with Crippen LogP contribution in [0.2, 0.25) is 0 Å². The van der Waals surface area contributed by atoms with E-state index in [1.54, 1.807) is 0 Å². The molecule has 0 N–H and O–H groups in total. The molecule has 0 aliphatic carbocycles. The standard InChI is InChI=1S/C56H37NS/c1-2-14-41(15-3-1)50-34-31-46(49-23-11-18-40-16-6-7-21-48(40)49)37-54(50)57(53-25-12-24-52-51-22-8-9-26-55(51)58-56(52)53)47-32-29-39(30-33-47)43-19-10-20-44(35-43)45-28-27-38-13-4-5-17-42(38)36-45/h1-37H. The summed E-state index contributed by atoms with van der Waals surface area (Å²) in [6.45, 7) is 0. The molecule has 1 heterocycles. The van der Waals surface area contributed by atoms with Crippen molar-refractivity contribution in [1.82, 2.24) is 0 Å². The maximum Gasteiger partial charge on any atom is 0.0640 e. The van der Waals surface area contributed by atoms with Crippen molar-refractivity contribution in [3.8, 4) is 44.5 Å². The molecule has 58 heavy (non-hydrogen) atoms. The Morgan fingerprint density at radius 3 is 1.76 bits per heavy atom. The van der Waals surface area contributed by atoms with Crippen LogP contribution in [0.15, 0.2) is 224 Å². The molecular formula is C56H37NS. The van der Waals surface area contributed by atoms with E-state index in [-0.39, 0.29) is 0 Å².